The zero-order valence-corrected chi connectivity index (χ0v) is 17.3. The molecule has 142 valence electrons. The van der Waals surface area contributed by atoms with E-state index in [1.807, 2.05) is 12.1 Å². The summed E-state index contributed by atoms with van der Waals surface area (Å²) in [6, 6.07) is 11.4. The Kier molecular flexibility index (Phi) is 6.32. The molecule has 0 fully saturated rings. The largest absolute Gasteiger partial charge is 0.480 e. The van der Waals surface area contributed by atoms with Crippen LogP contribution in [0.1, 0.15) is 5.56 Å². The number of carbonyl (C=O) groups is 1. The van der Waals surface area contributed by atoms with Gasteiger partial charge in [0.05, 0.1) is 15.6 Å². The molecular weight excluding hydrogens is 496 g/mol. The quantitative estimate of drug-likeness (QED) is 0.305. The van der Waals surface area contributed by atoms with Crippen molar-refractivity contribution in [2.45, 2.75) is 0 Å². The summed E-state index contributed by atoms with van der Waals surface area (Å²) >= 11 is 6.87. The molecule has 0 saturated heterocycles. The normalized spacial score (nSPS) is 10.9. The van der Waals surface area contributed by atoms with E-state index in [-0.39, 0.29) is 12.3 Å². The van der Waals surface area contributed by atoms with Gasteiger partial charge in [0.25, 0.3) is 11.6 Å². The zero-order valence-electron chi connectivity index (χ0n) is 14.1. The number of halogens is 2. The van der Waals surface area contributed by atoms with Crippen molar-refractivity contribution >= 4 is 60.6 Å². The number of hydrogen-bond donors (Lipinski definition) is 1. The monoisotopic (exact) mass is 506 g/mol. The molecule has 0 radical (unpaired) electrons. The minimum atomic E-state index is -0.502. The molecule has 0 saturated carbocycles. The Labute approximate surface area is 176 Å². The van der Waals surface area contributed by atoms with Crippen molar-refractivity contribution < 1.29 is 14.5 Å². The van der Waals surface area contributed by atoms with Crippen LogP contribution in [0.5, 0.6) is 5.75 Å². The molecule has 0 unspecified atom stereocenters. The third-order valence-electron chi connectivity index (χ3n) is 3.58. The number of nitrogens with one attached hydrogen (secondary N) is 1. The third-order valence-corrected chi connectivity index (χ3v) is 4.83. The number of rotatable bonds is 6. The molecule has 0 aliphatic rings. The van der Waals surface area contributed by atoms with Crippen LogP contribution in [0.3, 0.4) is 0 Å². The number of carbonyl (C=O) groups excluding carboxylic acids is 1. The summed E-state index contributed by atoms with van der Waals surface area (Å²) in [5, 5.41) is 15.4. The van der Waals surface area contributed by atoms with E-state index in [9.17, 15) is 14.9 Å². The lowest BCUT2D eigenvalue weighted by atomic mass is 10.2. The molecule has 0 aliphatic carbocycles. The van der Waals surface area contributed by atoms with E-state index in [1.165, 1.54) is 24.4 Å². The lowest BCUT2D eigenvalue weighted by Gasteiger charge is -2.11. The maximum absolute atomic E-state index is 12.0. The standard InChI is InChI=1S/C18H12Br2N4O4/c19-14-8-15(20)18(17-13(14)5-2-6-21-17)28-10-16(25)23-22-9-11-3-1-4-12(7-11)24(26)27/h1-9H,10H2,(H,23,25). The smallest absolute Gasteiger partial charge is 0.277 e. The molecule has 0 spiro atoms. The van der Waals surface area contributed by atoms with Gasteiger partial charge in [-0.25, -0.2) is 5.43 Å². The van der Waals surface area contributed by atoms with Crippen molar-refractivity contribution in [2.75, 3.05) is 6.61 Å². The van der Waals surface area contributed by atoms with Gasteiger partial charge in [-0.2, -0.15) is 5.10 Å². The van der Waals surface area contributed by atoms with Gasteiger partial charge in [-0.1, -0.05) is 34.1 Å². The number of ether oxygens (including phenoxy) is 1. The summed E-state index contributed by atoms with van der Waals surface area (Å²) in [7, 11) is 0. The molecular formula is C18H12Br2N4O4. The van der Waals surface area contributed by atoms with Gasteiger partial charge in [0, 0.05) is 33.8 Å². The zero-order chi connectivity index (χ0) is 20.1. The fraction of sp³-hybridized carbons (Fsp3) is 0.0556. The predicted octanol–water partition coefficient (Wildman–Crippen LogP) is 4.20. The number of nitrogens with zero attached hydrogens (tertiary/aromatic N) is 3. The van der Waals surface area contributed by atoms with E-state index >= 15 is 0 Å². The lowest BCUT2D eigenvalue weighted by Crippen LogP contribution is -2.24. The van der Waals surface area contributed by atoms with E-state index in [0.717, 1.165) is 9.86 Å². The highest BCUT2D eigenvalue weighted by molar-refractivity contribution is 9.11. The number of hydrazone groups is 1. The fourth-order valence-corrected chi connectivity index (χ4v) is 3.74. The molecule has 0 aliphatic heterocycles. The van der Waals surface area contributed by atoms with Crippen LogP contribution in [0.4, 0.5) is 5.69 Å². The van der Waals surface area contributed by atoms with Crippen molar-refractivity contribution in [3.8, 4) is 5.75 Å². The van der Waals surface area contributed by atoms with Gasteiger partial charge in [-0.05, 0) is 28.1 Å². The number of hydrogen-bond acceptors (Lipinski definition) is 6. The second-order valence-corrected chi connectivity index (χ2v) is 7.21. The summed E-state index contributed by atoms with van der Waals surface area (Å²) in [6.07, 6.45) is 2.95. The highest BCUT2D eigenvalue weighted by Crippen LogP contribution is 2.37. The van der Waals surface area contributed by atoms with Crippen LogP contribution in [0, 0.1) is 10.1 Å². The van der Waals surface area contributed by atoms with Crippen molar-refractivity contribution in [1.29, 1.82) is 0 Å². The molecule has 8 nitrogen and oxygen atoms in total. The predicted molar refractivity (Wildman–Crippen MR) is 111 cm³/mol. The van der Waals surface area contributed by atoms with Crippen LogP contribution >= 0.6 is 31.9 Å². The van der Waals surface area contributed by atoms with Gasteiger partial charge >= 0.3 is 0 Å². The van der Waals surface area contributed by atoms with E-state index in [4.69, 9.17) is 4.74 Å². The Morgan fingerprint density at radius 1 is 1.25 bits per heavy atom. The first-order chi connectivity index (χ1) is 13.5. The number of pyridine rings is 1. The molecule has 1 aromatic heterocycles. The van der Waals surface area contributed by atoms with Crippen LogP contribution in [0.2, 0.25) is 0 Å². The van der Waals surface area contributed by atoms with Crippen LogP contribution < -0.4 is 10.2 Å². The molecule has 2 aromatic carbocycles. The fourth-order valence-electron chi connectivity index (χ4n) is 2.35. The number of benzene rings is 2. The molecule has 28 heavy (non-hydrogen) atoms. The van der Waals surface area contributed by atoms with Crippen LogP contribution in [-0.4, -0.2) is 28.6 Å². The summed E-state index contributed by atoms with van der Waals surface area (Å²) in [4.78, 5) is 26.6. The van der Waals surface area contributed by atoms with Crippen molar-refractivity contribution in [1.82, 2.24) is 10.4 Å². The first-order valence-electron chi connectivity index (χ1n) is 7.87. The van der Waals surface area contributed by atoms with Crippen LogP contribution in [0.15, 0.2) is 62.7 Å². The molecule has 1 N–H and O–H groups in total. The van der Waals surface area contributed by atoms with Crippen molar-refractivity contribution in [2.24, 2.45) is 5.10 Å². The minimum absolute atomic E-state index is 0.0573. The molecule has 0 atom stereocenters. The Morgan fingerprint density at radius 2 is 2.07 bits per heavy atom. The van der Waals surface area contributed by atoms with Gasteiger partial charge in [-0.15, -0.1) is 0 Å². The lowest BCUT2D eigenvalue weighted by molar-refractivity contribution is -0.384. The molecule has 3 rings (SSSR count). The molecule has 1 amide bonds. The maximum atomic E-state index is 12.0. The maximum Gasteiger partial charge on any atom is 0.277 e. The number of nitro groups is 1. The topological polar surface area (TPSA) is 107 Å². The molecule has 0 bridgehead atoms. The Morgan fingerprint density at radius 3 is 2.86 bits per heavy atom. The van der Waals surface area contributed by atoms with Gasteiger partial charge in [0.2, 0.25) is 0 Å². The van der Waals surface area contributed by atoms with Crippen LogP contribution in [0.25, 0.3) is 10.9 Å². The second-order valence-electron chi connectivity index (χ2n) is 5.50. The average molecular weight is 508 g/mol. The second kappa shape index (κ2) is 8.89. The van der Waals surface area contributed by atoms with Crippen molar-refractivity contribution in [3.05, 3.63) is 73.3 Å². The Bertz CT molecular complexity index is 1090. The SMILES string of the molecule is O=C(COc1c(Br)cc(Br)c2cccnc12)NN=Cc1cccc([N+](=O)[O-])c1. The summed E-state index contributed by atoms with van der Waals surface area (Å²) in [5.74, 6) is -0.0443. The summed E-state index contributed by atoms with van der Waals surface area (Å²) in [5.41, 5.74) is 3.36. The van der Waals surface area contributed by atoms with E-state index < -0.39 is 10.8 Å². The number of fused-ring (bicyclic) bond motifs is 1. The summed E-state index contributed by atoms with van der Waals surface area (Å²) in [6.45, 7) is -0.280. The van der Waals surface area contributed by atoms with E-state index in [1.54, 1.807) is 18.3 Å². The Hall–Kier alpha value is -2.85. The highest BCUT2D eigenvalue weighted by atomic mass is 79.9. The first kappa shape index (κ1) is 19.9. The highest BCUT2D eigenvalue weighted by Gasteiger charge is 2.13. The van der Waals surface area contributed by atoms with Gasteiger partial charge < -0.3 is 4.74 Å². The number of amides is 1. The first-order valence-corrected chi connectivity index (χ1v) is 9.46. The third kappa shape index (κ3) is 4.70. The number of nitro benzene ring substituents is 1. The van der Waals surface area contributed by atoms with Crippen molar-refractivity contribution in [3.63, 3.8) is 0 Å². The van der Waals surface area contributed by atoms with Gasteiger partial charge in [0.15, 0.2) is 12.4 Å². The summed E-state index contributed by atoms with van der Waals surface area (Å²) < 4.78 is 7.11. The van der Waals surface area contributed by atoms with Crippen LogP contribution in [-0.2, 0) is 4.79 Å². The van der Waals surface area contributed by atoms with Gasteiger partial charge in [-0.3, -0.25) is 19.9 Å². The molecule has 1 heterocycles. The minimum Gasteiger partial charge on any atom is -0.480 e. The molecule has 10 heteroatoms. The van der Waals surface area contributed by atoms with E-state index in [0.29, 0.717) is 21.3 Å². The average Bonchev–Trinajstić information content (AvgIpc) is 2.68. The van der Waals surface area contributed by atoms with E-state index in [2.05, 4.69) is 47.4 Å². The molecule has 3 aromatic rings. The van der Waals surface area contributed by atoms with Gasteiger partial charge in [0.1, 0.15) is 5.52 Å². The Balaban J connectivity index is 1.65. The number of aromatic nitrogens is 1. The number of non-ortho nitro benzene ring substituents is 1.